The van der Waals surface area contributed by atoms with E-state index in [4.69, 9.17) is 0 Å². The van der Waals surface area contributed by atoms with E-state index in [2.05, 4.69) is 10.3 Å². The second kappa shape index (κ2) is 8.26. The van der Waals surface area contributed by atoms with E-state index in [9.17, 15) is 22.0 Å². The molecule has 1 amide bonds. The molecule has 0 unspecified atom stereocenters. The maximum Gasteiger partial charge on any atom is 0.244 e. The van der Waals surface area contributed by atoms with E-state index in [1.165, 1.54) is 33.4 Å². The fourth-order valence-corrected chi connectivity index (χ4v) is 4.49. The van der Waals surface area contributed by atoms with E-state index in [1.54, 1.807) is 19.9 Å². The predicted octanol–water partition coefficient (Wildman–Crippen LogP) is 2.98. The smallest absolute Gasteiger partial charge is 0.244 e. The van der Waals surface area contributed by atoms with Gasteiger partial charge < -0.3 is 9.88 Å². The number of aromatic nitrogens is 2. The number of carbonyl (C=O) groups is 1. The lowest BCUT2D eigenvalue weighted by molar-refractivity contribution is -0.116. The molecule has 0 spiro atoms. The SMILES string of the molecule is CCN(CC)S(=O)(=O)c1cccc(NC(=O)Cn2cnc3cc(F)c(F)cc32)c1. The molecular weight excluding hydrogens is 402 g/mol. The lowest BCUT2D eigenvalue weighted by Gasteiger charge is -2.18. The third-order valence-corrected chi connectivity index (χ3v) is 6.48. The Morgan fingerprint density at radius 3 is 2.52 bits per heavy atom. The highest BCUT2D eigenvalue weighted by Crippen LogP contribution is 2.20. The number of anilines is 1. The molecule has 0 saturated heterocycles. The molecule has 29 heavy (non-hydrogen) atoms. The van der Waals surface area contributed by atoms with Crippen LogP contribution < -0.4 is 5.32 Å². The van der Waals surface area contributed by atoms with Crippen LogP contribution in [0, 0.1) is 11.6 Å². The largest absolute Gasteiger partial charge is 0.324 e. The minimum absolute atomic E-state index is 0.0737. The average molecular weight is 422 g/mol. The maximum absolute atomic E-state index is 13.5. The predicted molar refractivity (Wildman–Crippen MR) is 105 cm³/mol. The van der Waals surface area contributed by atoms with E-state index < -0.39 is 27.6 Å². The average Bonchev–Trinajstić information content (AvgIpc) is 3.04. The Kier molecular flexibility index (Phi) is 5.94. The van der Waals surface area contributed by atoms with Gasteiger partial charge in [-0.05, 0) is 18.2 Å². The third-order valence-electron chi connectivity index (χ3n) is 4.44. The summed E-state index contributed by atoms with van der Waals surface area (Å²) in [6.07, 6.45) is 1.31. The summed E-state index contributed by atoms with van der Waals surface area (Å²) in [5, 5.41) is 2.62. The zero-order chi connectivity index (χ0) is 21.2. The summed E-state index contributed by atoms with van der Waals surface area (Å²) in [5.41, 5.74) is 0.811. The number of sulfonamides is 1. The molecule has 0 radical (unpaired) electrons. The first-order valence-corrected chi connectivity index (χ1v) is 10.4. The Bertz CT molecular complexity index is 1160. The van der Waals surface area contributed by atoms with Crippen LogP contribution in [-0.2, 0) is 21.4 Å². The van der Waals surface area contributed by atoms with Gasteiger partial charge >= 0.3 is 0 Å². The summed E-state index contributed by atoms with van der Waals surface area (Å²) in [6.45, 7) is 3.96. The number of halogens is 2. The summed E-state index contributed by atoms with van der Waals surface area (Å²) in [5.74, 6) is -2.51. The van der Waals surface area contributed by atoms with E-state index >= 15 is 0 Å². The molecule has 1 aromatic heterocycles. The van der Waals surface area contributed by atoms with Gasteiger partial charge in [-0.3, -0.25) is 4.79 Å². The summed E-state index contributed by atoms with van der Waals surface area (Å²) in [4.78, 5) is 16.4. The van der Waals surface area contributed by atoms with Crippen molar-refractivity contribution in [2.45, 2.75) is 25.3 Å². The van der Waals surface area contributed by atoms with Crippen molar-refractivity contribution in [2.24, 2.45) is 0 Å². The van der Waals surface area contributed by atoms with E-state index in [1.807, 2.05) is 0 Å². The molecule has 0 bridgehead atoms. The Morgan fingerprint density at radius 1 is 1.14 bits per heavy atom. The number of fused-ring (bicyclic) bond motifs is 1. The van der Waals surface area contributed by atoms with Crippen molar-refractivity contribution in [3.63, 3.8) is 0 Å². The van der Waals surface area contributed by atoms with Crippen LogP contribution in [0.15, 0.2) is 47.6 Å². The van der Waals surface area contributed by atoms with Crippen molar-refractivity contribution in [1.29, 1.82) is 0 Å². The highest BCUT2D eigenvalue weighted by molar-refractivity contribution is 7.89. The van der Waals surface area contributed by atoms with Gasteiger partial charge in [0.2, 0.25) is 15.9 Å². The van der Waals surface area contributed by atoms with Gasteiger partial charge in [-0.15, -0.1) is 0 Å². The second-order valence-corrected chi connectivity index (χ2v) is 8.23. The molecule has 1 heterocycles. The molecule has 3 aromatic rings. The van der Waals surface area contributed by atoms with Crippen LogP contribution in [0.25, 0.3) is 11.0 Å². The molecule has 0 atom stereocenters. The van der Waals surface area contributed by atoms with Gasteiger partial charge in [-0.2, -0.15) is 4.31 Å². The van der Waals surface area contributed by atoms with E-state index in [0.717, 1.165) is 12.1 Å². The zero-order valence-corrected chi connectivity index (χ0v) is 16.7. The Labute approximate surface area is 167 Å². The van der Waals surface area contributed by atoms with Crippen LogP contribution in [0.3, 0.4) is 0 Å². The first-order chi connectivity index (χ1) is 13.8. The maximum atomic E-state index is 13.5. The third kappa shape index (κ3) is 4.28. The van der Waals surface area contributed by atoms with Crippen LogP contribution in [0.2, 0.25) is 0 Å². The van der Waals surface area contributed by atoms with Gasteiger partial charge in [0.15, 0.2) is 11.6 Å². The molecular formula is C19H20F2N4O3S. The molecule has 7 nitrogen and oxygen atoms in total. The number of hydrogen-bond donors (Lipinski definition) is 1. The lowest BCUT2D eigenvalue weighted by atomic mass is 10.3. The number of carbonyl (C=O) groups excluding carboxylic acids is 1. The van der Waals surface area contributed by atoms with Gasteiger partial charge in [-0.1, -0.05) is 19.9 Å². The van der Waals surface area contributed by atoms with Crippen LogP contribution in [-0.4, -0.2) is 41.3 Å². The first kappa shape index (κ1) is 20.9. The lowest BCUT2D eigenvalue weighted by Crippen LogP contribution is -2.30. The highest BCUT2D eigenvalue weighted by atomic mass is 32.2. The number of nitrogens with zero attached hydrogens (tertiary/aromatic N) is 3. The van der Waals surface area contributed by atoms with Crippen molar-refractivity contribution in [1.82, 2.24) is 13.9 Å². The quantitative estimate of drug-likeness (QED) is 0.635. The number of nitrogens with one attached hydrogen (secondary N) is 1. The fraction of sp³-hybridized carbons (Fsp3) is 0.263. The minimum atomic E-state index is -3.66. The molecule has 2 aromatic carbocycles. The van der Waals surface area contributed by atoms with Crippen LogP contribution in [0.4, 0.5) is 14.5 Å². The normalized spacial score (nSPS) is 11.9. The Hall–Kier alpha value is -2.85. The van der Waals surface area contributed by atoms with Crippen molar-refractivity contribution in [3.05, 3.63) is 54.4 Å². The molecule has 3 rings (SSSR count). The van der Waals surface area contributed by atoms with Gasteiger partial charge in [0.05, 0.1) is 22.3 Å². The Morgan fingerprint density at radius 2 is 1.83 bits per heavy atom. The van der Waals surface area contributed by atoms with Gasteiger partial charge in [0.25, 0.3) is 0 Å². The van der Waals surface area contributed by atoms with Crippen molar-refractivity contribution < 1.29 is 22.0 Å². The summed E-state index contributed by atoms with van der Waals surface area (Å²) < 4.78 is 54.7. The number of amides is 1. The molecule has 0 saturated carbocycles. The first-order valence-electron chi connectivity index (χ1n) is 8.96. The van der Waals surface area contributed by atoms with E-state index in [0.29, 0.717) is 18.8 Å². The summed E-state index contributed by atoms with van der Waals surface area (Å²) >= 11 is 0. The van der Waals surface area contributed by atoms with Crippen molar-refractivity contribution in [2.75, 3.05) is 18.4 Å². The fourth-order valence-electron chi connectivity index (χ4n) is 2.98. The Balaban J connectivity index is 1.79. The summed E-state index contributed by atoms with van der Waals surface area (Å²) in [7, 11) is -3.66. The number of benzene rings is 2. The van der Waals surface area contributed by atoms with Gasteiger partial charge in [0.1, 0.15) is 6.54 Å². The van der Waals surface area contributed by atoms with Crippen molar-refractivity contribution >= 4 is 32.7 Å². The standard InChI is InChI=1S/C19H20F2N4O3S/c1-3-25(4-2)29(27,28)14-7-5-6-13(8-14)23-19(26)11-24-12-22-17-9-15(20)16(21)10-18(17)24/h5-10,12H,3-4,11H2,1-2H3,(H,23,26). The molecule has 1 N–H and O–H groups in total. The van der Waals surface area contributed by atoms with Crippen molar-refractivity contribution in [3.8, 4) is 0 Å². The number of hydrogen-bond acceptors (Lipinski definition) is 4. The van der Waals surface area contributed by atoms with Gasteiger partial charge in [0, 0.05) is 30.9 Å². The number of imidazole rings is 1. The van der Waals surface area contributed by atoms with Crippen LogP contribution in [0.5, 0.6) is 0 Å². The van der Waals surface area contributed by atoms with Gasteiger partial charge in [-0.25, -0.2) is 22.2 Å². The van der Waals surface area contributed by atoms with Crippen LogP contribution in [0.1, 0.15) is 13.8 Å². The highest BCUT2D eigenvalue weighted by Gasteiger charge is 2.22. The molecule has 0 aliphatic carbocycles. The second-order valence-electron chi connectivity index (χ2n) is 6.29. The summed E-state index contributed by atoms with van der Waals surface area (Å²) in [6, 6.07) is 7.89. The van der Waals surface area contributed by atoms with Crippen LogP contribution >= 0.6 is 0 Å². The monoisotopic (exact) mass is 422 g/mol. The molecule has 10 heteroatoms. The molecule has 0 aliphatic rings. The molecule has 154 valence electrons. The van der Waals surface area contributed by atoms with E-state index in [-0.39, 0.29) is 22.5 Å². The number of rotatable bonds is 7. The molecule has 0 fully saturated rings. The minimum Gasteiger partial charge on any atom is -0.324 e. The topological polar surface area (TPSA) is 84.3 Å². The zero-order valence-electron chi connectivity index (χ0n) is 15.9. The molecule has 0 aliphatic heterocycles.